The van der Waals surface area contributed by atoms with E-state index in [9.17, 15) is 9.59 Å². The van der Waals surface area contributed by atoms with Crippen LogP contribution in [0.4, 0.5) is 0 Å². The maximum absolute atomic E-state index is 12.9. The summed E-state index contributed by atoms with van der Waals surface area (Å²) < 4.78 is 12.6. The van der Waals surface area contributed by atoms with Crippen molar-refractivity contribution in [2.45, 2.75) is 13.5 Å². The summed E-state index contributed by atoms with van der Waals surface area (Å²) >= 11 is 0. The zero-order valence-corrected chi connectivity index (χ0v) is 17.0. The van der Waals surface area contributed by atoms with E-state index in [4.69, 9.17) is 8.83 Å². The van der Waals surface area contributed by atoms with Crippen LogP contribution in [0.25, 0.3) is 22.4 Å². The number of furan rings is 1. The quantitative estimate of drug-likeness (QED) is 0.504. The first-order chi connectivity index (χ1) is 15.1. The summed E-state index contributed by atoms with van der Waals surface area (Å²) in [6, 6.07) is 11.2. The zero-order chi connectivity index (χ0) is 21.4. The number of benzene rings is 1. The van der Waals surface area contributed by atoms with Gasteiger partial charge in [-0.1, -0.05) is 6.07 Å². The Labute approximate surface area is 177 Å². The first-order valence-corrected chi connectivity index (χ1v) is 10.1. The van der Waals surface area contributed by atoms with Gasteiger partial charge in [0.2, 0.25) is 17.7 Å². The molecule has 9 nitrogen and oxygen atoms in total. The number of piperazine rings is 1. The normalized spacial score (nSPS) is 14.4. The van der Waals surface area contributed by atoms with Gasteiger partial charge in [0, 0.05) is 50.4 Å². The van der Waals surface area contributed by atoms with Crippen molar-refractivity contribution in [3.63, 3.8) is 0 Å². The number of fused-ring (bicyclic) bond motifs is 1. The second-order valence-corrected chi connectivity index (χ2v) is 7.49. The van der Waals surface area contributed by atoms with E-state index in [1.807, 2.05) is 35.0 Å². The highest BCUT2D eigenvalue weighted by atomic mass is 16.4. The van der Waals surface area contributed by atoms with E-state index in [1.54, 1.807) is 28.9 Å². The molecule has 1 aliphatic rings. The summed E-state index contributed by atoms with van der Waals surface area (Å²) in [5.74, 6) is 1.16. The van der Waals surface area contributed by atoms with Crippen molar-refractivity contribution in [3.8, 4) is 11.5 Å². The highest BCUT2D eigenvalue weighted by molar-refractivity contribution is 5.91. The van der Waals surface area contributed by atoms with Gasteiger partial charge in [0.25, 0.3) is 5.91 Å². The van der Waals surface area contributed by atoms with Crippen LogP contribution in [0.3, 0.4) is 0 Å². The molecule has 158 valence electrons. The van der Waals surface area contributed by atoms with Gasteiger partial charge in [-0.05, 0) is 35.7 Å². The highest BCUT2D eigenvalue weighted by Gasteiger charge is 2.26. The number of aromatic nitrogens is 3. The molecule has 0 unspecified atom stereocenters. The lowest BCUT2D eigenvalue weighted by atomic mass is 10.1. The van der Waals surface area contributed by atoms with Crippen molar-refractivity contribution >= 4 is 22.7 Å². The summed E-state index contributed by atoms with van der Waals surface area (Å²) in [5.41, 5.74) is 1.74. The topological polar surface area (TPSA) is 97.6 Å². The molecule has 2 amide bonds. The Kier molecular flexibility index (Phi) is 4.78. The third-order valence-corrected chi connectivity index (χ3v) is 5.50. The van der Waals surface area contributed by atoms with Gasteiger partial charge < -0.3 is 23.2 Å². The van der Waals surface area contributed by atoms with Gasteiger partial charge in [-0.2, -0.15) is 0 Å². The number of rotatable bonds is 4. The van der Waals surface area contributed by atoms with Crippen LogP contribution >= 0.6 is 0 Å². The molecule has 1 fully saturated rings. The number of nitrogens with zero attached hydrogens (tertiary/aromatic N) is 5. The average molecular weight is 419 g/mol. The molecule has 3 aromatic heterocycles. The third-order valence-electron chi connectivity index (χ3n) is 5.50. The van der Waals surface area contributed by atoms with Gasteiger partial charge in [-0.3, -0.25) is 9.59 Å². The van der Waals surface area contributed by atoms with Gasteiger partial charge in [0.1, 0.15) is 6.54 Å². The van der Waals surface area contributed by atoms with Crippen molar-refractivity contribution < 1.29 is 18.4 Å². The Balaban J connectivity index is 1.27. The molecule has 0 spiro atoms. The SMILES string of the molecule is Cc1nnc(-c2ccc3ccn(CC(=O)N4CCN(C(=O)c5ccco5)CC4)c3c2)o1. The van der Waals surface area contributed by atoms with Crippen LogP contribution < -0.4 is 0 Å². The molecule has 1 aromatic carbocycles. The Bertz CT molecular complexity index is 1230. The zero-order valence-electron chi connectivity index (χ0n) is 17.0. The average Bonchev–Trinajstić information content (AvgIpc) is 3.55. The molecule has 4 aromatic rings. The lowest BCUT2D eigenvalue weighted by Crippen LogP contribution is -2.51. The molecule has 0 bridgehead atoms. The molecule has 5 rings (SSSR count). The van der Waals surface area contributed by atoms with Crippen molar-refractivity contribution in [2.75, 3.05) is 26.2 Å². The van der Waals surface area contributed by atoms with E-state index in [0.717, 1.165) is 16.5 Å². The van der Waals surface area contributed by atoms with Crippen LogP contribution in [-0.4, -0.2) is 62.6 Å². The molecule has 0 atom stereocenters. The summed E-state index contributed by atoms with van der Waals surface area (Å²) in [6.07, 6.45) is 3.39. The van der Waals surface area contributed by atoms with E-state index in [-0.39, 0.29) is 18.4 Å². The van der Waals surface area contributed by atoms with Gasteiger partial charge in [-0.15, -0.1) is 10.2 Å². The Morgan fingerprint density at radius 2 is 1.84 bits per heavy atom. The fraction of sp³-hybridized carbons (Fsp3) is 0.273. The minimum absolute atomic E-state index is 0.0154. The first-order valence-electron chi connectivity index (χ1n) is 10.1. The molecular weight excluding hydrogens is 398 g/mol. The third kappa shape index (κ3) is 3.70. The van der Waals surface area contributed by atoms with Gasteiger partial charge in [0.05, 0.1) is 6.26 Å². The smallest absolute Gasteiger partial charge is 0.289 e. The molecule has 1 aliphatic heterocycles. The van der Waals surface area contributed by atoms with Crippen LogP contribution in [0.1, 0.15) is 16.4 Å². The fourth-order valence-electron chi connectivity index (χ4n) is 3.83. The van der Waals surface area contributed by atoms with Crippen LogP contribution in [0.2, 0.25) is 0 Å². The largest absolute Gasteiger partial charge is 0.459 e. The summed E-state index contributed by atoms with van der Waals surface area (Å²) in [4.78, 5) is 28.8. The Morgan fingerprint density at radius 3 is 2.55 bits per heavy atom. The number of carbonyl (C=O) groups is 2. The molecular formula is C22H21N5O4. The Hall–Kier alpha value is -3.88. The monoisotopic (exact) mass is 419 g/mol. The Morgan fingerprint density at radius 1 is 1.03 bits per heavy atom. The van der Waals surface area contributed by atoms with E-state index in [2.05, 4.69) is 10.2 Å². The number of aryl methyl sites for hydroxylation is 1. The molecule has 1 saturated heterocycles. The van der Waals surface area contributed by atoms with Crippen LogP contribution in [0, 0.1) is 6.92 Å². The molecule has 0 radical (unpaired) electrons. The minimum atomic E-state index is -0.141. The predicted octanol–water partition coefficient (Wildman–Crippen LogP) is 2.58. The lowest BCUT2D eigenvalue weighted by Gasteiger charge is -2.34. The second kappa shape index (κ2) is 7.75. The van der Waals surface area contributed by atoms with Crippen LogP contribution in [0.5, 0.6) is 0 Å². The first kappa shape index (κ1) is 19.1. The van der Waals surface area contributed by atoms with Gasteiger partial charge in [0.15, 0.2) is 5.76 Å². The summed E-state index contributed by atoms with van der Waals surface area (Å²) in [5, 5.41) is 8.98. The maximum Gasteiger partial charge on any atom is 0.289 e. The van der Waals surface area contributed by atoms with Crippen molar-refractivity contribution in [1.29, 1.82) is 0 Å². The van der Waals surface area contributed by atoms with E-state index in [1.165, 1.54) is 6.26 Å². The van der Waals surface area contributed by atoms with E-state index >= 15 is 0 Å². The number of hydrogen-bond donors (Lipinski definition) is 0. The van der Waals surface area contributed by atoms with Crippen LogP contribution in [0.15, 0.2) is 57.7 Å². The minimum Gasteiger partial charge on any atom is -0.459 e. The molecule has 9 heteroatoms. The number of carbonyl (C=O) groups excluding carboxylic acids is 2. The molecule has 0 saturated carbocycles. The highest BCUT2D eigenvalue weighted by Crippen LogP contribution is 2.24. The summed E-state index contributed by atoms with van der Waals surface area (Å²) in [6.45, 7) is 3.94. The number of hydrogen-bond acceptors (Lipinski definition) is 6. The predicted molar refractivity (Wildman–Crippen MR) is 111 cm³/mol. The van der Waals surface area contributed by atoms with Gasteiger partial charge in [-0.25, -0.2) is 0 Å². The van der Waals surface area contributed by atoms with Crippen molar-refractivity contribution in [3.05, 3.63) is 60.5 Å². The molecule has 0 aliphatic carbocycles. The van der Waals surface area contributed by atoms with Crippen molar-refractivity contribution in [1.82, 2.24) is 24.6 Å². The number of amides is 2. The molecule has 4 heterocycles. The van der Waals surface area contributed by atoms with E-state index < -0.39 is 0 Å². The second-order valence-electron chi connectivity index (χ2n) is 7.49. The molecule has 0 N–H and O–H groups in total. The van der Waals surface area contributed by atoms with Crippen molar-refractivity contribution in [2.24, 2.45) is 0 Å². The van der Waals surface area contributed by atoms with Gasteiger partial charge >= 0.3 is 0 Å². The summed E-state index contributed by atoms with van der Waals surface area (Å²) in [7, 11) is 0. The standard InChI is InChI=1S/C22H21N5O4/c1-15-23-24-21(31-15)17-5-4-16-6-7-27(18(16)13-17)14-20(28)25-8-10-26(11-9-25)22(29)19-3-2-12-30-19/h2-7,12-13H,8-11,14H2,1H3. The fourth-order valence-corrected chi connectivity index (χ4v) is 3.83. The molecule has 31 heavy (non-hydrogen) atoms. The van der Waals surface area contributed by atoms with E-state index in [0.29, 0.717) is 43.7 Å². The van der Waals surface area contributed by atoms with Crippen LogP contribution in [-0.2, 0) is 11.3 Å². The maximum atomic E-state index is 12.9. The lowest BCUT2D eigenvalue weighted by molar-refractivity contribution is -0.133.